The van der Waals surface area contributed by atoms with E-state index in [0.29, 0.717) is 24.5 Å². The zero-order valence-electron chi connectivity index (χ0n) is 13.8. The Hall–Kier alpha value is -2.50. The van der Waals surface area contributed by atoms with Crippen molar-refractivity contribution < 1.29 is 14.1 Å². The molecule has 0 spiro atoms. The molecule has 24 heavy (non-hydrogen) atoms. The standard InChI is InChI=1S/C18H21N3O3/c1-2-6-14-11-16(20-24-14)18(23)21-10-5-7-13(12-21)17(22)15-8-3-4-9-19-15/h3-4,8-9,11,13H,2,5-7,10,12H2,1H3/t13-/m0/s1. The van der Waals surface area contributed by atoms with Gasteiger partial charge >= 0.3 is 0 Å². The van der Waals surface area contributed by atoms with Crippen molar-refractivity contribution in [1.82, 2.24) is 15.0 Å². The number of carbonyl (C=O) groups is 2. The second-order valence-electron chi connectivity index (χ2n) is 6.10. The van der Waals surface area contributed by atoms with Crippen LogP contribution in [-0.2, 0) is 6.42 Å². The van der Waals surface area contributed by atoms with Gasteiger partial charge < -0.3 is 9.42 Å². The van der Waals surface area contributed by atoms with Gasteiger partial charge in [-0.1, -0.05) is 18.1 Å². The second-order valence-corrected chi connectivity index (χ2v) is 6.10. The highest BCUT2D eigenvalue weighted by Crippen LogP contribution is 2.22. The van der Waals surface area contributed by atoms with Crippen molar-refractivity contribution >= 4 is 11.7 Å². The van der Waals surface area contributed by atoms with Crippen LogP contribution in [-0.4, -0.2) is 39.8 Å². The summed E-state index contributed by atoms with van der Waals surface area (Å²) in [5, 5.41) is 3.87. The molecular formula is C18H21N3O3. The maximum absolute atomic E-state index is 12.6. The van der Waals surface area contributed by atoms with Gasteiger partial charge in [0.1, 0.15) is 11.5 Å². The van der Waals surface area contributed by atoms with Gasteiger partial charge in [0, 0.05) is 37.7 Å². The molecule has 0 N–H and O–H groups in total. The predicted molar refractivity (Wildman–Crippen MR) is 87.7 cm³/mol. The summed E-state index contributed by atoms with van der Waals surface area (Å²) in [6.07, 6.45) is 4.89. The molecule has 0 aromatic carbocycles. The monoisotopic (exact) mass is 327 g/mol. The van der Waals surface area contributed by atoms with Crippen LogP contribution in [0.1, 0.15) is 52.9 Å². The summed E-state index contributed by atoms with van der Waals surface area (Å²) in [4.78, 5) is 31.0. The molecule has 1 fully saturated rings. The van der Waals surface area contributed by atoms with Gasteiger partial charge in [0.25, 0.3) is 5.91 Å². The Morgan fingerprint density at radius 1 is 1.33 bits per heavy atom. The Labute approximate surface area is 140 Å². The van der Waals surface area contributed by atoms with Crippen LogP contribution in [0.15, 0.2) is 35.0 Å². The molecular weight excluding hydrogens is 306 g/mol. The Bertz CT molecular complexity index is 711. The third kappa shape index (κ3) is 3.53. The van der Waals surface area contributed by atoms with Crippen molar-refractivity contribution in [1.29, 1.82) is 0 Å². The number of ketones is 1. The lowest BCUT2D eigenvalue weighted by Gasteiger charge is -2.31. The lowest BCUT2D eigenvalue weighted by Crippen LogP contribution is -2.42. The quantitative estimate of drug-likeness (QED) is 0.789. The lowest BCUT2D eigenvalue weighted by molar-refractivity contribution is 0.0627. The lowest BCUT2D eigenvalue weighted by atomic mass is 9.91. The van der Waals surface area contributed by atoms with Gasteiger partial charge in [-0.25, -0.2) is 0 Å². The highest BCUT2D eigenvalue weighted by atomic mass is 16.5. The maximum Gasteiger partial charge on any atom is 0.276 e. The molecule has 2 aromatic rings. The van der Waals surface area contributed by atoms with Gasteiger partial charge in [-0.2, -0.15) is 0 Å². The largest absolute Gasteiger partial charge is 0.361 e. The van der Waals surface area contributed by atoms with Gasteiger partial charge in [-0.3, -0.25) is 14.6 Å². The third-order valence-electron chi connectivity index (χ3n) is 4.27. The average Bonchev–Trinajstić information content (AvgIpc) is 3.10. The number of amides is 1. The first-order valence-corrected chi connectivity index (χ1v) is 8.39. The number of carbonyl (C=O) groups excluding carboxylic acids is 2. The van der Waals surface area contributed by atoms with Crippen molar-refractivity contribution in [2.75, 3.05) is 13.1 Å². The molecule has 6 nitrogen and oxygen atoms in total. The summed E-state index contributed by atoms with van der Waals surface area (Å²) in [7, 11) is 0. The van der Waals surface area contributed by atoms with Gasteiger partial charge in [-0.15, -0.1) is 0 Å². The zero-order chi connectivity index (χ0) is 16.9. The molecule has 2 aromatic heterocycles. The Kier molecular flexibility index (Phi) is 5.03. The molecule has 1 aliphatic heterocycles. The fourth-order valence-corrected chi connectivity index (χ4v) is 3.03. The summed E-state index contributed by atoms with van der Waals surface area (Å²) in [6.45, 7) is 3.09. The van der Waals surface area contributed by atoms with Crippen LogP contribution in [0, 0.1) is 5.92 Å². The highest BCUT2D eigenvalue weighted by Gasteiger charge is 2.31. The first kappa shape index (κ1) is 16.4. The minimum Gasteiger partial charge on any atom is -0.361 e. The molecule has 1 aliphatic rings. The maximum atomic E-state index is 12.6. The molecule has 126 valence electrons. The van der Waals surface area contributed by atoms with Crippen LogP contribution in [0.2, 0.25) is 0 Å². The third-order valence-corrected chi connectivity index (χ3v) is 4.27. The summed E-state index contributed by atoms with van der Waals surface area (Å²) in [5.74, 6) is 0.345. The Morgan fingerprint density at radius 3 is 2.96 bits per heavy atom. The van der Waals surface area contributed by atoms with Crippen molar-refractivity contribution in [2.24, 2.45) is 5.92 Å². The number of hydrogen-bond acceptors (Lipinski definition) is 5. The molecule has 1 amide bonds. The smallest absolute Gasteiger partial charge is 0.276 e. The molecule has 0 bridgehead atoms. The van der Waals surface area contributed by atoms with E-state index in [9.17, 15) is 9.59 Å². The van der Waals surface area contributed by atoms with E-state index < -0.39 is 0 Å². The molecule has 3 rings (SSSR count). The number of nitrogens with zero attached hydrogens (tertiary/aromatic N) is 3. The Morgan fingerprint density at radius 2 is 2.21 bits per heavy atom. The van der Waals surface area contributed by atoms with E-state index in [1.54, 1.807) is 35.4 Å². The van der Waals surface area contributed by atoms with E-state index >= 15 is 0 Å². The van der Waals surface area contributed by atoms with Crippen molar-refractivity contribution in [3.8, 4) is 0 Å². The van der Waals surface area contributed by atoms with Gasteiger partial charge in [0.05, 0.1) is 0 Å². The summed E-state index contributed by atoms with van der Waals surface area (Å²) in [6, 6.07) is 7.01. The molecule has 1 saturated heterocycles. The van der Waals surface area contributed by atoms with E-state index in [0.717, 1.165) is 31.4 Å². The first-order valence-electron chi connectivity index (χ1n) is 8.39. The normalized spacial score (nSPS) is 17.7. The average molecular weight is 327 g/mol. The van der Waals surface area contributed by atoms with Crippen LogP contribution < -0.4 is 0 Å². The molecule has 0 unspecified atom stereocenters. The molecule has 3 heterocycles. The number of hydrogen-bond donors (Lipinski definition) is 0. The number of pyridine rings is 1. The summed E-state index contributed by atoms with van der Waals surface area (Å²) in [5.41, 5.74) is 0.785. The van der Waals surface area contributed by atoms with Crippen molar-refractivity contribution in [3.63, 3.8) is 0 Å². The Balaban J connectivity index is 1.68. The van der Waals surface area contributed by atoms with E-state index in [2.05, 4.69) is 10.1 Å². The minimum atomic E-state index is -0.209. The number of likely N-dealkylation sites (tertiary alicyclic amines) is 1. The number of aromatic nitrogens is 2. The van der Waals surface area contributed by atoms with Gasteiger partial charge in [-0.05, 0) is 31.4 Å². The zero-order valence-corrected chi connectivity index (χ0v) is 13.8. The molecule has 0 saturated carbocycles. The number of aryl methyl sites for hydroxylation is 1. The van der Waals surface area contributed by atoms with Gasteiger partial charge in [0.2, 0.25) is 0 Å². The van der Waals surface area contributed by atoms with Crippen molar-refractivity contribution in [3.05, 3.63) is 47.6 Å². The predicted octanol–water partition coefficient (Wildman–Crippen LogP) is 2.76. The van der Waals surface area contributed by atoms with Crippen LogP contribution in [0.25, 0.3) is 0 Å². The van der Waals surface area contributed by atoms with Gasteiger partial charge in [0.15, 0.2) is 11.5 Å². The molecule has 1 atom stereocenters. The van der Waals surface area contributed by atoms with E-state index in [1.165, 1.54) is 0 Å². The minimum absolute atomic E-state index is 0.0000696. The fraction of sp³-hybridized carbons (Fsp3) is 0.444. The van der Waals surface area contributed by atoms with Crippen molar-refractivity contribution in [2.45, 2.75) is 32.6 Å². The van der Waals surface area contributed by atoms with Crippen LogP contribution >= 0.6 is 0 Å². The second kappa shape index (κ2) is 7.38. The fourth-order valence-electron chi connectivity index (χ4n) is 3.03. The SMILES string of the molecule is CCCc1cc(C(=O)N2CCC[C@H](C(=O)c3ccccn3)C2)no1. The molecule has 0 aliphatic carbocycles. The highest BCUT2D eigenvalue weighted by molar-refractivity contribution is 5.97. The first-order chi connectivity index (χ1) is 11.7. The van der Waals surface area contributed by atoms with E-state index in [1.807, 2.05) is 6.92 Å². The molecule has 0 radical (unpaired) electrons. The summed E-state index contributed by atoms with van der Waals surface area (Å²) < 4.78 is 5.19. The molecule has 6 heteroatoms. The van der Waals surface area contributed by atoms with E-state index in [-0.39, 0.29) is 17.6 Å². The van der Waals surface area contributed by atoms with E-state index in [4.69, 9.17) is 4.52 Å². The van der Waals surface area contributed by atoms with Crippen LogP contribution in [0.3, 0.4) is 0 Å². The number of piperidine rings is 1. The van der Waals surface area contributed by atoms with Crippen LogP contribution in [0.4, 0.5) is 0 Å². The summed E-state index contributed by atoms with van der Waals surface area (Å²) >= 11 is 0. The number of Topliss-reactive ketones (excluding diaryl/α,β-unsaturated/α-hetero) is 1. The number of rotatable bonds is 5. The topological polar surface area (TPSA) is 76.3 Å². The van der Waals surface area contributed by atoms with Crippen LogP contribution in [0.5, 0.6) is 0 Å².